The third kappa shape index (κ3) is 4.36. The van der Waals surface area contributed by atoms with Crippen molar-refractivity contribution >= 4 is 34.7 Å². The van der Waals surface area contributed by atoms with Crippen molar-refractivity contribution in [1.82, 2.24) is 0 Å². The highest BCUT2D eigenvalue weighted by Crippen LogP contribution is 2.41. The van der Waals surface area contributed by atoms with E-state index in [0.29, 0.717) is 5.92 Å². The van der Waals surface area contributed by atoms with Gasteiger partial charge in [-0.1, -0.05) is 30.7 Å². The molecule has 1 fully saturated rings. The van der Waals surface area contributed by atoms with E-state index in [1.165, 1.54) is 15.3 Å². The molecule has 0 saturated carbocycles. The molecule has 2 heterocycles. The van der Waals surface area contributed by atoms with Crippen LogP contribution in [0, 0.1) is 5.92 Å². The zero-order valence-corrected chi connectivity index (χ0v) is 16.4. The Kier molecular flexibility index (Phi) is 6.27. The normalized spacial score (nSPS) is 24.2. The quantitative estimate of drug-likeness (QED) is 0.686. The molecule has 3 atom stereocenters. The highest BCUT2D eigenvalue weighted by molar-refractivity contribution is 7.98. The van der Waals surface area contributed by atoms with Crippen molar-refractivity contribution in [3.63, 3.8) is 0 Å². The van der Waals surface area contributed by atoms with Gasteiger partial charge in [0.2, 0.25) is 0 Å². The number of hydrogen-bond donors (Lipinski definition) is 1. The molecule has 24 heavy (non-hydrogen) atoms. The summed E-state index contributed by atoms with van der Waals surface area (Å²) in [7, 11) is 0. The summed E-state index contributed by atoms with van der Waals surface area (Å²) in [6, 6.07) is 10.8. The summed E-state index contributed by atoms with van der Waals surface area (Å²) in [5, 5.41) is 9.42. The smallest absolute Gasteiger partial charge is 0.0967 e. The maximum Gasteiger partial charge on any atom is 0.0967 e. The van der Waals surface area contributed by atoms with Crippen LogP contribution < -0.4 is 0 Å². The largest absolute Gasteiger partial charge is 0.394 e. The number of halogens is 1. The van der Waals surface area contributed by atoms with Gasteiger partial charge in [0.15, 0.2) is 0 Å². The van der Waals surface area contributed by atoms with Crippen molar-refractivity contribution in [3.05, 3.63) is 50.7 Å². The van der Waals surface area contributed by atoms with E-state index < -0.39 is 0 Å². The van der Waals surface area contributed by atoms with E-state index in [0.717, 1.165) is 29.2 Å². The summed E-state index contributed by atoms with van der Waals surface area (Å²) >= 11 is 9.86. The monoisotopic (exact) mass is 382 g/mol. The van der Waals surface area contributed by atoms with E-state index in [1.807, 2.05) is 0 Å². The number of benzene rings is 1. The van der Waals surface area contributed by atoms with Crippen LogP contribution in [0.25, 0.3) is 0 Å². The fraction of sp³-hybridized carbons (Fsp3) is 0.474. The van der Waals surface area contributed by atoms with Crippen molar-refractivity contribution in [2.45, 2.75) is 43.3 Å². The Bertz CT molecular complexity index is 669. The second-order valence-electron chi connectivity index (χ2n) is 6.48. The van der Waals surface area contributed by atoms with Gasteiger partial charge in [0.25, 0.3) is 0 Å². The molecule has 1 aliphatic heterocycles. The fourth-order valence-electron chi connectivity index (χ4n) is 3.22. The lowest BCUT2D eigenvalue weighted by atomic mass is 9.92. The number of rotatable bonds is 5. The van der Waals surface area contributed by atoms with Gasteiger partial charge in [-0.3, -0.25) is 0 Å². The molecule has 3 unspecified atom stereocenters. The second kappa shape index (κ2) is 8.24. The molecular weight excluding hydrogens is 360 g/mol. The number of hydrogen-bond acceptors (Lipinski definition) is 4. The summed E-state index contributed by atoms with van der Waals surface area (Å²) in [5.74, 6) is 0.560. The Balaban J connectivity index is 1.74. The van der Waals surface area contributed by atoms with Gasteiger partial charge in [-0.25, -0.2) is 0 Å². The van der Waals surface area contributed by atoms with Gasteiger partial charge in [0.1, 0.15) is 0 Å². The third-order valence-corrected chi connectivity index (χ3v) is 6.77. The standard InChI is InChI=1S/C19H23ClO2S2/c1-12-7-15(11-21)22-17(8-12)18-10-14(19(20)24-18)9-13-3-5-16(23-2)6-4-13/h3-6,10,12,15,17,21H,7-9,11H2,1-2H3. The maximum absolute atomic E-state index is 9.42. The van der Waals surface area contributed by atoms with Crippen molar-refractivity contribution in [2.24, 2.45) is 5.92 Å². The summed E-state index contributed by atoms with van der Waals surface area (Å²) in [6.45, 7) is 2.32. The molecule has 0 bridgehead atoms. The first kappa shape index (κ1) is 18.3. The van der Waals surface area contributed by atoms with Crippen molar-refractivity contribution in [1.29, 1.82) is 0 Å². The van der Waals surface area contributed by atoms with Crippen LogP contribution in [0.3, 0.4) is 0 Å². The zero-order chi connectivity index (χ0) is 17.1. The minimum Gasteiger partial charge on any atom is -0.394 e. The minimum absolute atomic E-state index is 0.0536. The van der Waals surface area contributed by atoms with Crippen LogP contribution in [0.1, 0.15) is 41.9 Å². The minimum atomic E-state index is -0.0536. The lowest BCUT2D eigenvalue weighted by molar-refractivity contribution is -0.0886. The van der Waals surface area contributed by atoms with E-state index in [1.54, 1.807) is 23.1 Å². The molecule has 0 amide bonds. The number of thiophene rings is 1. The fourth-order valence-corrected chi connectivity index (χ4v) is 4.97. The average molecular weight is 383 g/mol. The number of aliphatic hydroxyl groups excluding tert-OH is 1. The highest BCUT2D eigenvalue weighted by Gasteiger charge is 2.29. The molecule has 1 aromatic heterocycles. The van der Waals surface area contributed by atoms with Crippen molar-refractivity contribution in [3.8, 4) is 0 Å². The first-order valence-electron chi connectivity index (χ1n) is 8.26. The molecule has 1 aliphatic rings. The lowest BCUT2D eigenvalue weighted by Crippen LogP contribution is -2.29. The van der Waals surface area contributed by atoms with Crippen LogP contribution in [0.5, 0.6) is 0 Å². The Morgan fingerprint density at radius 3 is 2.71 bits per heavy atom. The molecule has 2 nitrogen and oxygen atoms in total. The first-order valence-corrected chi connectivity index (χ1v) is 10.7. The molecule has 1 N–H and O–H groups in total. The zero-order valence-electron chi connectivity index (χ0n) is 14.0. The van der Waals surface area contributed by atoms with Gasteiger partial charge >= 0.3 is 0 Å². The predicted octanol–water partition coefficient (Wildman–Crippen LogP) is 5.56. The van der Waals surface area contributed by atoms with E-state index in [4.69, 9.17) is 16.3 Å². The maximum atomic E-state index is 9.42. The summed E-state index contributed by atoms with van der Waals surface area (Å²) in [5.41, 5.74) is 2.43. The van der Waals surface area contributed by atoms with Gasteiger partial charge in [0, 0.05) is 9.77 Å². The lowest BCUT2D eigenvalue weighted by Gasteiger charge is -2.32. The van der Waals surface area contributed by atoms with Crippen LogP contribution >= 0.6 is 34.7 Å². The van der Waals surface area contributed by atoms with Crippen molar-refractivity contribution in [2.75, 3.05) is 12.9 Å². The van der Waals surface area contributed by atoms with E-state index in [2.05, 4.69) is 43.5 Å². The number of aliphatic hydroxyl groups is 1. The Morgan fingerprint density at radius 2 is 2.04 bits per heavy atom. The Morgan fingerprint density at radius 1 is 1.29 bits per heavy atom. The molecule has 130 valence electrons. The summed E-state index contributed by atoms with van der Waals surface area (Å²) < 4.78 is 6.89. The predicted molar refractivity (Wildman–Crippen MR) is 103 cm³/mol. The van der Waals surface area contributed by atoms with Gasteiger partial charge in [-0.15, -0.1) is 23.1 Å². The highest BCUT2D eigenvalue weighted by atomic mass is 35.5. The van der Waals surface area contributed by atoms with Gasteiger partial charge in [-0.05, 0) is 60.8 Å². The first-order chi connectivity index (χ1) is 11.6. The number of thioether (sulfide) groups is 1. The second-order valence-corrected chi connectivity index (χ2v) is 9.04. The van der Waals surface area contributed by atoms with E-state index in [-0.39, 0.29) is 18.8 Å². The summed E-state index contributed by atoms with van der Waals surface area (Å²) in [6.07, 6.45) is 4.86. The summed E-state index contributed by atoms with van der Waals surface area (Å²) in [4.78, 5) is 2.45. The van der Waals surface area contributed by atoms with Crippen molar-refractivity contribution < 1.29 is 9.84 Å². The SMILES string of the molecule is CSc1ccc(Cc2cc(C3CC(C)CC(CO)O3)sc2Cl)cc1. The molecule has 0 spiro atoms. The Labute approximate surface area is 157 Å². The molecular formula is C19H23ClO2S2. The Hall–Kier alpha value is -0.520. The van der Waals surface area contributed by atoms with Gasteiger partial charge in [0.05, 0.1) is 23.2 Å². The van der Waals surface area contributed by atoms with Gasteiger partial charge < -0.3 is 9.84 Å². The average Bonchev–Trinajstić information content (AvgIpc) is 2.96. The molecule has 3 rings (SSSR count). The topological polar surface area (TPSA) is 29.5 Å². The molecule has 0 aliphatic carbocycles. The van der Waals surface area contributed by atoms with Crippen LogP contribution in [0.2, 0.25) is 4.34 Å². The van der Waals surface area contributed by atoms with Crippen LogP contribution in [0.4, 0.5) is 0 Å². The van der Waals surface area contributed by atoms with Gasteiger partial charge in [-0.2, -0.15) is 0 Å². The van der Waals surface area contributed by atoms with Crippen LogP contribution in [0.15, 0.2) is 35.2 Å². The van der Waals surface area contributed by atoms with E-state index in [9.17, 15) is 5.11 Å². The third-order valence-electron chi connectivity index (χ3n) is 4.49. The van der Waals surface area contributed by atoms with E-state index >= 15 is 0 Å². The molecule has 2 aromatic rings. The molecule has 5 heteroatoms. The molecule has 1 saturated heterocycles. The molecule has 0 radical (unpaired) electrons. The number of ether oxygens (including phenoxy) is 1. The van der Waals surface area contributed by atoms with Crippen LogP contribution in [-0.2, 0) is 11.2 Å². The molecule has 1 aromatic carbocycles. The van der Waals surface area contributed by atoms with Crippen LogP contribution in [-0.4, -0.2) is 24.1 Å².